The molecule has 1 atom stereocenters. The van der Waals surface area contributed by atoms with Crippen molar-refractivity contribution >= 4 is 17.5 Å². The van der Waals surface area contributed by atoms with Gasteiger partial charge >= 0.3 is 0 Å². The highest BCUT2D eigenvalue weighted by Gasteiger charge is 2.09. The van der Waals surface area contributed by atoms with E-state index in [1.165, 1.54) is 0 Å². The average molecular weight is 249 g/mol. The normalized spacial score (nSPS) is 11.7. The molecule has 0 spiro atoms. The van der Waals surface area contributed by atoms with Crippen LogP contribution in [0.25, 0.3) is 0 Å². The fourth-order valence-corrected chi connectivity index (χ4v) is 1.33. The zero-order valence-corrected chi connectivity index (χ0v) is 10.7. The molecule has 0 saturated heterocycles. The molecule has 0 fully saturated rings. The number of carbonyl (C=O) groups is 2. The summed E-state index contributed by atoms with van der Waals surface area (Å²) in [7, 11) is 0. The number of nitrogens with two attached hydrogens (primary N) is 1. The van der Waals surface area contributed by atoms with Gasteiger partial charge in [0.05, 0.1) is 6.04 Å². The Hall–Kier alpha value is -1.88. The van der Waals surface area contributed by atoms with Gasteiger partial charge in [-0.3, -0.25) is 9.59 Å². The smallest absolute Gasteiger partial charge is 0.251 e. The monoisotopic (exact) mass is 249 g/mol. The van der Waals surface area contributed by atoms with Crippen molar-refractivity contribution in [3.63, 3.8) is 0 Å². The summed E-state index contributed by atoms with van der Waals surface area (Å²) in [5, 5.41) is 5.42. The van der Waals surface area contributed by atoms with Gasteiger partial charge in [0.1, 0.15) is 0 Å². The van der Waals surface area contributed by atoms with Crippen LogP contribution >= 0.6 is 0 Å². The molecule has 18 heavy (non-hydrogen) atoms. The van der Waals surface area contributed by atoms with Gasteiger partial charge in [-0.25, -0.2) is 0 Å². The minimum atomic E-state index is -0.581. The molecule has 0 aromatic heterocycles. The quantitative estimate of drug-likeness (QED) is 0.731. The zero-order chi connectivity index (χ0) is 13.5. The highest BCUT2D eigenvalue weighted by atomic mass is 16.2. The molecule has 0 aliphatic heterocycles. The van der Waals surface area contributed by atoms with Crippen molar-refractivity contribution in [2.45, 2.75) is 26.3 Å². The molecule has 0 bridgehead atoms. The van der Waals surface area contributed by atoms with E-state index in [4.69, 9.17) is 5.73 Å². The van der Waals surface area contributed by atoms with E-state index in [9.17, 15) is 9.59 Å². The number of hydrogen-bond acceptors (Lipinski definition) is 3. The second kappa shape index (κ2) is 6.76. The fraction of sp³-hybridized carbons (Fsp3) is 0.385. The Morgan fingerprint density at radius 1 is 1.39 bits per heavy atom. The zero-order valence-electron chi connectivity index (χ0n) is 10.7. The lowest BCUT2D eigenvalue weighted by atomic mass is 10.2. The molecular weight excluding hydrogens is 230 g/mol. The molecule has 0 aliphatic rings. The lowest BCUT2D eigenvalue weighted by Crippen LogP contribution is -2.32. The highest BCUT2D eigenvalue weighted by molar-refractivity contribution is 5.98. The average Bonchev–Trinajstić information content (AvgIpc) is 2.36. The molecule has 1 rings (SSSR count). The van der Waals surface area contributed by atoms with Crippen LogP contribution in [0, 0.1) is 0 Å². The second-order valence-corrected chi connectivity index (χ2v) is 4.11. The Labute approximate surface area is 107 Å². The summed E-state index contributed by atoms with van der Waals surface area (Å²) in [4.78, 5) is 23.2. The van der Waals surface area contributed by atoms with Gasteiger partial charge in [0, 0.05) is 17.8 Å². The van der Waals surface area contributed by atoms with Crippen LogP contribution in [0.5, 0.6) is 0 Å². The van der Waals surface area contributed by atoms with Gasteiger partial charge < -0.3 is 16.4 Å². The van der Waals surface area contributed by atoms with E-state index in [2.05, 4.69) is 10.6 Å². The maximum absolute atomic E-state index is 11.7. The Balaban J connectivity index is 2.73. The van der Waals surface area contributed by atoms with Gasteiger partial charge in [0.15, 0.2) is 0 Å². The van der Waals surface area contributed by atoms with Gasteiger partial charge in [-0.2, -0.15) is 0 Å². The minimum Gasteiger partial charge on any atom is -0.352 e. The Morgan fingerprint density at radius 2 is 2.11 bits per heavy atom. The number of benzene rings is 1. The third-order valence-electron chi connectivity index (χ3n) is 2.34. The van der Waals surface area contributed by atoms with Crippen molar-refractivity contribution in [1.82, 2.24) is 5.32 Å². The van der Waals surface area contributed by atoms with Crippen molar-refractivity contribution in [2.75, 3.05) is 11.9 Å². The van der Waals surface area contributed by atoms with Gasteiger partial charge in [-0.1, -0.05) is 13.0 Å². The van der Waals surface area contributed by atoms with Crippen LogP contribution in [0.15, 0.2) is 24.3 Å². The van der Waals surface area contributed by atoms with E-state index < -0.39 is 6.04 Å². The molecular formula is C13H19N3O2. The first-order valence-electron chi connectivity index (χ1n) is 5.99. The van der Waals surface area contributed by atoms with E-state index in [0.717, 1.165) is 6.42 Å². The summed E-state index contributed by atoms with van der Waals surface area (Å²) in [6.07, 6.45) is 0.882. The van der Waals surface area contributed by atoms with E-state index in [1.807, 2.05) is 6.92 Å². The standard InChI is InChI=1S/C13H19N3O2/c1-3-7-15-13(18)10-5-4-6-11(8-10)16-12(17)9(2)14/h4-6,8-9H,3,7,14H2,1-2H3,(H,15,18)(H,16,17)/t9-/m1/s1. The Kier molecular flexibility index (Phi) is 5.32. The fourth-order valence-electron chi connectivity index (χ4n) is 1.33. The molecule has 98 valence electrons. The Morgan fingerprint density at radius 3 is 2.72 bits per heavy atom. The van der Waals surface area contributed by atoms with Crippen LogP contribution < -0.4 is 16.4 Å². The number of carbonyl (C=O) groups excluding carboxylic acids is 2. The molecule has 1 aromatic rings. The van der Waals surface area contributed by atoms with E-state index >= 15 is 0 Å². The second-order valence-electron chi connectivity index (χ2n) is 4.11. The topological polar surface area (TPSA) is 84.2 Å². The molecule has 5 heteroatoms. The van der Waals surface area contributed by atoms with Gasteiger partial charge in [0.2, 0.25) is 5.91 Å². The van der Waals surface area contributed by atoms with Crippen LogP contribution in [-0.2, 0) is 4.79 Å². The number of rotatable bonds is 5. The summed E-state index contributed by atoms with van der Waals surface area (Å²) in [6.45, 7) is 4.22. The first kappa shape index (κ1) is 14.2. The van der Waals surface area contributed by atoms with Gasteiger partial charge in [0.25, 0.3) is 5.91 Å². The largest absolute Gasteiger partial charge is 0.352 e. The first-order chi connectivity index (χ1) is 8.54. The summed E-state index contributed by atoms with van der Waals surface area (Å²) < 4.78 is 0. The molecule has 0 saturated carbocycles. The molecule has 0 heterocycles. The number of anilines is 1. The van der Waals surface area contributed by atoms with E-state index in [0.29, 0.717) is 17.8 Å². The van der Waals surface area contributed by atoms with E-state index in [-0.39, 0.29) is 11.8 Å². The van der Waals surface area contributed by atoms with Crippen molar-refractivity contribution in [1.29, 1.82) is 0 Å². The molecule has 0 unspecified atom stereocenters. The first-order valence-corrected chi connectivity index (χ1v) is 5.99. The van der Waals surface area contributed by atoms with Crippen LogP contribution in [0.1, 0.15) is 30.6 Å². The van der Waals surface area contributed by atoms with Crippen LogP contribution in [0.2, 0.25) is 0 Å². The Bertz CT molecular complexity index is 430. The molecule has 0 radical (unpaired) electrons. The molecule has 2 amide bonds. The molecule has 0 aliphatic carbocycles. The van der Waals surface area contributed by atoms with Crippen LogP contribution in [-0.4, -0.2) is 24.4 Å². The van der Waals surface area contributed by atoms with E-state index in [1.54, 1.807) is 31.2 Å². The molecule has 1 aromatic carbocycles. The predicted molar refractivity (Wildman–Crippen MR) is 71.3 cm³/mol. The maximum atomic E-state index is 11.7. The third kappa shape index (κ3) is 4.18. The SMILES string of the molecule is CCCNC(=O)c1cccc(NC(=O)[C@@H](C)N)c1. The molecule has 5 nitrogen and oxygen atoms in total. The van der Waals surface area contributed by atoms with Crippen LogP contribution in [0.4, 0.5) is 5.69 Å². The third-order valence-corrected chi connectivity index (χ3v) is 2.34. The lowest BCUT2D eigenvalue weighted by Gasteiger charge is -2.09. The van der Waals surface area contributed by atoms with Crippen molar-refractivity contribution in [3.8, 4) is 0 Å². The summed E-state index contributed by atoms with van der Waals surface area (Å²) in [6, 6.07) is 6.19. The van der Waals surface area contributed by atoms with Crippen molar-refractivity contribution in [3.05, 3.63) is 29.8 Å². The van der Waals surface area contributed by atoms with Crippen molar-refractivity contribution in [2.24, 2.45) is 5.73 Å². The maximum Gasteiger partial charge on any atom is 0.251 e. The van der Waals surface area contributed by atoms with Gasteiger partial charge in [-0.15, -0.1) is 0 Å². The van der Waals surface area contributed by atoms with Crippen LogP contribution in [0.3, 0.4) is 0 Å². The number of hydrogen-bond donors (Lipinski definition) is 3. The summed E-state index contributed by atoms with van der Waals surface area (Å²) in [5.41, 5.74) is 6.55. The lowest BCUT2D eigenvalue weighted by molar-refractivity contribution is -0.117. The number of amides is 2. The van der Waals surface area contributed by atoms with Crippen molar-refractivity contribution < 1.29 is 9.59 Å². The van der Waals surface area contributed by atoms with Gasteiger partial charge in [-0.05, 0) is 31.5 Å². The predicted octanol–water partition coefficient (Wildman–Crippen LogP) is 1.11. The number of nitrogens with one attached hydrogen (secondary N) is 2. The highest BCUT2D eigenvalue weighted by Crippen LogP contribution is 2.10. The summed E-state index contributed by atoms with van der Waals surface area (Å²) >= 11 is 0. The summed E-state index contributed by atoms with van der Waals surface area (Å²) in [5.74, 6) is -0.421. The minimum absolute atomic E-state index is 0.145. The molecule has 4 N–H and O–H groups in total.